The van der Waals surface area contributed by atoms with Gasteiger partial charge in [0.05, 0.1) is 23.8 Å². The SMILES string of the molecule is COc1c2cc(C)oc2c(-c2cc(C(=O)O)nn2C)c2cc(C)oc12. The van der Waals surface area contributed by atoms with Gasteiger partial charge >= 0.3 is 5.97 Å². The molecule has 0 amide bonds. The van der Waals surface area contributed by atoms with E-state index in [1.165, 1.54) is 10.7 Å². The Balaban J connectivity index is 2.20. The summed E-state index contributed by atoms with van der Waals surface area (Å²) >= 11 is 0. The summed E-state index contributed by atoms with van der Waals surface area (Å²) in [5.41, 5.74) is 2.55. The first-order chi connectivity index (χ1) is 11.9. The Morgan fingerprint density at radius 1 is 1.12 bits per heavy atom. The number of carboxylic acid groups (broad SMARTS) is 1. The molecule has 4 rings (SSSR count). The summed E-state index contributed by atoms with van der Waals surface area (Å²) in [5, 5.41) is 14.9. The summed E-state index contributed by atoms with van der Waals surface area (Å²) in [4.78, 5) is 11.3. The summed E-state index contributed by atoms with van der Waals surface area (Å²) in [5.74, 6) is 0.959. The van der Waals surface area contributed by atoms with Crippen LogP contribution in [0.1, 0.15) is 22.0 Å². The summed E-state index contributed by atoms with van der Waals surface area (Å²) in [6.45, 7) is 3.70. The van der Waals surface area contributed by atoms with Gasteiger partial charge in [-0.2, -0.15) is 5.10 Å². The molecule has 0 unspecified atom stereocenters. The van der Waals surface area contributed by atoms with Crippen LogP contribution in [0.4, 0.5) is 0 Å². The van der Waals surface area contributed by atoms with Gasteiger partial charge in [0.2, 0.25) is 0 Å². The van der Waals surface area contributed by atoms with E-state index < -0.39 is 5.97 Å². The normalized spacial score (nSPS) is 11.5. The topological polar surface area (TPSA) is 90.6 Å². The number of aryl methyl sites for hydroxylation is 3. The van der Waals surface area contributed by atoms with Gasteiger partial charge in [0, 0.05) is 12.4 Å². The number of carboxylic acids is 1. The molecule has 0 aliphatic carbocycles. The first-order valence-corrected chi connectivity index (χ1v) is 7.68. The third-order valence-corrected chi connectivity index (χ3v) is 4.22. The number of rotatable bonds is 3. The Morgan fingerprint density at radius 2 is 1.76 bits per heavy atom. The highest BCUT2D eigenvalue weighted by molar-refractivity contribution is 6.13. The molecule has 0 aliphatic rings. The summed E-state index contributed by atoms with van der Waals surface area (Å²) < 4.78 is 18.9. The molecule has 0 fully saturated rings. The number of methoxy groups -OCH3 is 1. The molecule has 0 saturated heterocycles. The minimum absolute atomic E-state index is 0.0295. The first-order valence-electron chi connectivity index (χ1n) is 7.68. The molecular formula is C18H16N2O5. The molecule has 0 atom stereocenters. The predicted octanol–water partition coefficient (Wildman–Crippen LogP) is 3.90. The number of ether oxygens (including phenoxy) is 1. The van der Waals surface area contributed by atoms with Gasteiger partial charge in [-0.05, 0) is 32.0 Å². The van der Waals surface area contributed by atoms with Gasteiger partial charge < -0.3 is 18.7 Å². The van der Waals surface area contributed by atoms with E-state index in [4.69, 9.17) is 13.6 Å². The standard InChI is InChI=1S/C18H16N2O5/c1-8-5-10-14(13-7-12(18(21)22)19-20(13)3)15-11(6-9(2)24-15)16(23-4)17(10)25-8/h5-7H,1-4H3,(H,21,22). The van der Waals surface area contributed by atoms with Crippen molar-refractivity contribution in [1.29, 1.82) is 0 Å². The number of benzene rings is 1. The van der Waals surface area contributed by atoms with Crippen molar-refractivity contribution in [2.75, 3.05) is 7.11 Å². The van der Waals surface area contributed by atoms with Crippen molar-refractivity contribution in [3.05, 3.63) is 35.4 Å². The van der Waals surface area contributed by atoms with E-state index in [1.54, 1.807) is 14.2 Å². The van der Waals surface area contributed by atoms with E-state index in [-0.39, 0.29) is 5.69 Å². The summed E-state index contributed by atoms with van der Waals surface area (Å²) in [6, 6.07) is 5.30. The van der Waals surface area contributed by atoms with Crippen molar-refractivity contribution < 1.29 is 23.5 Å². The van der Waals surface area contributed by atoms with Crippen molar-refractivity contribution in [1.82, 2.24) is 9.78 Å². The maximum absolute atomic E-state index is 11.3. The molecule has 0 aliphatic heterocycles. The molecule has 128 valence electrons. The molecule has 3 heterocycles. The van der Waals surface area contributed by atoms with E-state index in [1.807, 2.05) is 26.0 Å². The van der Waals surface area contributed by atoms with Crippen LogP contribution in [0.3, 0.4) is 0 Å². The molecule has 1 N–H and O–H groups in total. The number of aromatic nitrogens is 2. The monoisotopic (exact) mass is 340 g/mol. The van der Waals surface area contributed by atoms with Crippen LogP contribution in [0.15, 0.2) is 27.0 Å². The van der Waals surface area contributed by atoms with E-state index in [0.717, 1.165) is 27.9 Å². The number of hydrogen-bond acceptors (Lipinski definition) is 5. The van der Waals surface area contributed by atoms with E-state index in [2.05, 4.69) is 5.10 Å². The third kappa shape index (κ3) is 2.12. The average Bonchev–Trinajstić information content (AvgIpc) is 3.21. The lowest BCUT2D eigenvalue weighted by atomic mass is 10.0. The van der Waals surface area contributed by atoms with Crippen LogP contribution in [0, 0.1) is 13.8 Å². The highest BCUT2D eigenvalue weighted by Crippen LogP contribution is 2.45. The van der Waals surface area contributed by atoms with Crippen molar-refractivity contribution in [3.63, 3.8) is 0 Å². The zero-order chi connectivity index (χ0) is 17.9. The highest BCUT2D eigenvalue weighted by Gasteiger charge is 2.25. The molecule has 7 heteroatoms. The first kappa shape index (κ1) is 15.3. The van der Waals surface area contributed by atoms with Crippen LogP contribution in [-0.2, 0) is 7.05 Å². The van der Waals surface area contributed by atoms with Gasteiger partial charge in [-0.15, -0.1) is 0 Å². The van der Waals surface area contributed by atoms with E-state index >= 15 is 0 Å². The molecule has 0 saturated carbocycles. The fraction of sp³-hybridized carbons (Fsp3) is 0.222. The quantitative estimate of drug-likeness (QED) is 0.608. The number of carbonyl (C=O) groups is 1. The lowest BCUT2D eigenvalue weighted by Crippen LogP contribution is -1.99. The second-order valence-corrected chi connectivity index (χ2v) is 5.95. The van der Waals surface area contributed by atoms with Gasteiger partial charge in [-0.25, -0.2) is 4.79 Å². The minimum atomic E-state index is -1.08. The van der Waals surface area contributed by atoms with Crippen LogP contribution in [0.5, 0.6) is 5.75 Å². The fourth-order valence-corrected chi connectivity index (χ4v) is 3.24. The van der Waals surface area contributed by atoms with Crippen molar-refractivity contribution in [3.8, 4) is 17.0 Å². The zero-order valence-electron chi connectivity index (χ0n) is 14.2. The number of fused-ring (bicyclic) bond motifs is 2. The maximum atomic E-state index is 11.3. The Hall–Kier alpha value is -3.22. The molecule has 0 bridgehead atoms. The fourth-order valence-electron chi connectivity index (χ4n) is 3.24. The summed E-state index contributed by atoms with van der Waals surface area (Å²) in [7, 11) is 3.28. The molecule has 7 nitrogen and oxygen atoms in total. The van der Waals surface area contributed by atoms with Crippen LogP contribution in [-0.4, -0.2) is 28.0 Å². The molecule has 0 radical (unpaired) electrons. The Bertz CT molecular complexity index is 1090. The maximum Gasteiger partial charge on any atom is 0.356 e. The van der Waals surface area contributed by atoms with Gasteiger partial charge in [0.1, 0.15) is 17.1 Å². The number of nitrogens with zero attached hydrogens (tertiary/aromatic N) is 2. The van der Waals surface area contributed by atoms with Gasteiger partial charge in [-0.1, -0.05) is 0 Å². The second kappa shape index (κ2) is 5.14. The van der Waals surface area contributed by atoms with Crippen LogP contribution < -0.4 is 4.74 Å². The summed E-state index contributed by atoms with van der Waals surface area (Å²) in [6.07, 6.45) is 0. The molecule has 1 aromatic carbocycles. The van der Waals surface area contributed by atoms with Crippen LogP contribution in [0.2, 0.25) is 0 Å². The minimum Gasteiger partial charge on any atom is -0.492 e. The van der Waals surface area contributed by atoms with Crippen molar-refractivity contribution in [2.24, 2.45) is 7.05 Å². The lowest BCUT2D eigenvalue weighted by molar-refractivity contribution is 0.0689. The Labute approximate surface area is 142 Å². The lowest BCUT2D eigenvalue weighted by Gasteiger charge is -2.08. The Morgan fingerprint density at radius 3 is 2.36 bits per heavy atom. The number of furan rings is 2. The molecule has 3 aromatic heterocycles. The van der Waals surface area contributed by atoms with Gasteiger partial charge in [0.15, 0.2) is 17.0 Å². The zero-order valence-corrected chi connectivity index (χ0v) is 14.2. The number of aromatic carboxylic acids is 1. The van der Waals surface area contributed by atoms with Gasteiger partial charge in [-0.3, -0.25) is 4.68 Å². The number of hydrogen-bond donors (Lipinski definition) is 1. The van der Waals surface area contributed by atoms with Crippen LogP contribution in [0.25, 0.3) is 33.2 Å². The third-order valence-electron chi connectivity index (χ3n) is 4.22. The predicted molar refractivity (Wildman–Crippen MR) is 91.2 cm³/mol. The average molecular weight is 340 g/mol. The smallest absolute Gasteiger partial charge is 0.356 e. The van der Waals surface area contributed by atoms with E-state index in [0.29, 0.717) is 22.6 Å². The second-order valence-electron chi connectivity index (χ2n) is 5.95. The highest BCUT2D eigenvalue weighted by atomic mass is 16.5. The Kier molecular flexibility index (Phi) is 3.15. The molecular weight excluding hydrogens is 324 g/mol. The molecule has 0 spiro atoms. The molecule has 4 aromatic rings. The van der Waals surface area contributed by atoms with Crippen molar-refractivity contribution in [2.45, 2.75) is 13.8 Å². The van der Waals surface area contributed by atoms with Crippen molar-refractivity contribution >= 4 is 27.9 Å². The molecule has 25 heavy (non-hydrogen) atoms. The van der Waals surface area contributed by atoms with Gasteiger partial charge in [0.25, 0.3) is 0 Å². The largest absolute Gasteiger partial charge is 0.492 e. The van der Waals surface area contributed by atoms with Crippen LogP contribution >= 0.6 is 0 Å². The van der Waals surface area contributed by atoms with E-state index in [9.17, 15) is 9.90 Å².